The highest BCUT2D eigenvalue weighted by Crippen LogP contribution is 2.35. The lowest BCUT2D eigenvalue weighted by atomic mass is 10.1. The first-order chi connectivity index (χ1) is 11.6. The molecule has 0 unspecified atom stereocenters. The Morgan fingerprint density at radius 1 is 1.17 bits per heavy atom. The van der Waals surface area contributed by atoms with E-state index in [9.17, 15) is 9.90 Å². The minimum Gasteiger partial charge on any atom is -0.493 e. The van der Waals surface area contributed by atoms with Gasteiger partial charge < -0.3 is 5.11 Å². The number of aliphatic imine (C=N–C) groups is 1. The highest BCUT2D eigenvalue weighted by Gasteiger charge is 2.17. The molecule has 0 spiro atoms. The van der Waals surface area contributed by atoms with E-state index in [1.54, 1.807) is 24.4 Å². The van der Waals surface area contributed by atoms with Gasteiger partial charge >= 0.3 is 0 Å². The molecule has 0 aliphatic carbocycles. The standard InChI is InChI=1S/C18H12BrN3O2/c19-12-6-7-16-14(9-12)11(10-20-16)8-15-17(23)21-22(18(15)24)13-4-2-1-3-5-13/h1-10,24H,(H,21,23). The Bertz CT molecular complexity index is 1050. The van der Waals surface area contributed by atoms with Gasteiger partial charge in [0.05, 0.1) is 11.4 Å². The first-order valence-electron chi connectivity index (χ1n) is 7.28. The van der Waals surface area contributed by atoms with Crippen LogP contribution in [0.2, 0.25) is 0 Å². The zero-order valence-corrected chi connectivity index (χ0v) is 14.0. The Morgan fingerprint density at radius 2 is 1.96 bits per heavy atom. The van der Waals surface area contributed by atoms with Gasteiger partial charge in [-0.3, -0.25) is 14.9 Å². The van der Waals surface area contributed by atoms with Crippen molar-refractivity contribution in [2.75, 3.05) is 0 Å². The Morgan fingerprint density at radius 3 is 2.75 bits per heavy atom. The van der Waals surface area contributed by atoms with Crippen LogP contribution in [0.3, 0.4) is 0 Å². The van der Waals surface area contributed by atoms with Crippen molar-refractivity contribution in [3.8, 4) is 11.6 Å². The Kier molecular flexibility index (Phi) is 3.46. The van der Waals surface area contributed by atoms with Crippen LogP contribution < -0.4 is 5.56 Å². The van der Waals surface area contributed by atoms with Crippen LogP contribution in [0.15, 0.2) is 62.8 Å². The maximum Gasteiger partial charge on any atom is 0.275 e. The van der Waals surface area contributed by atoms with Crippen molar-refractivity contribution in [3.63, 3.8) is 0 Å². The predicted octanol–water partition coefficient (Wildman–Crippen LogP) is 3.89. The van der Waals surface area contributed by atoms with E-state index in [-0.39, 0.29) is 17.0 Å². The highest BCUT2D eigenvalue weighted by molar-refractivity contribution is 9.10. The van der Waals surface area contributed by atoms with Crippen molar-refractivity contribution < 1.29 is 5.11 Å². The first-order valence-corrected chi connectivity index (χ1v) is 8.08. The van der Waals surface area contributed by atoms with E-state index >= 15 is 0 Å². The molecule has 1 aliphatic rings. The molecule has 0 saturated carbocycles. The van der Waals surface area contributed by atoms with E-state index in [0.29, 0.717) is 5.69 Å². The van der Waals surface area contributed by atoms with Gasteiger partial charge in [-0.25, -0.2) is 4.68 Å². The van der Waals surface area contributed by atoms with E-state index in [2.05, 4.69) is 26.0 Å². The van der Waals surface area contributed by atoms with E-state index in [1.165, 1.54) is 4.68 Å². The summed E-state index contributed by atoms with van der Waals surface area (Å²) < 4.78 is 2.29. The summed E-state index contributed by atoms with van der Waals surface area (Å²) in [6.07, 6.45) is 3.34. The van der Waals surface area contributed by atoms with E-state index < -0.39 is 0 Å². The molecule has 6 heteroatoms. The normalized spacial score (nSPS) is 14.3. The van der Waals surface area contributed by atoms with Crippen molar-refractivity contribution >= 4 is 39.5 Å². The lowest BCUT2D eigenvalue weighted by Gasteiger charge is -2.03. The molecule has 0 bridgehead atoms. The number of nitrogens with zero attached hydrogens (tertiary/aromatic N) is 2. The number of para-hydroxylation sites is 1. The maximum absolute atomic E-state index is 12.3. The van der Waals surface area contributed by atoms with Crippen molar-refractivity contribution in [1.82, 2.24) is 9.78 Å². The molecule has 4 rings (SSSR count). The minimum atomic E-state index is -0.360. The summed E-state index contributed by atoms with van der Waals surface area (Å²) in [6.45, 7) is 0. The molecule has 118 valence electrons. The van der Waals surface area contributed by atoms with Crippen molar-refractivity contribution in [1.29, 1.82) is 0 Å². The number of nitrogens with one attached hydrogen (secondary N) is 1. The molecule has 1 aromatic heterocycles. The number of hydrogen-bond donors (Lipinski definition) is 2. The second-order valence-electron chi connectivity index (χ2n) is 5.37. The SMILES string of the molecule is O=c1[nH]n(-c2ccccc2)c(O)c1C=C1C=Nc2ccc(Br)cc21. The van der Waals surface area contributed by atoms with Crippen LogP contribution in [-0.2, 0) is 0 Å². The second kappa shape index (κ2) is 5.65. The molecule has 0 atom stereocenters. The van der Waals surface area contributed by atoms with Crippen LogP contribution >= 0.6 is 15.9 Å². The Hall–Kier alpha value is -2.86. The van der Waals surface area contributed by atoms with Crippen molar-refractivity contribution in [2.45, 2.75) is 0 Å². The van der Waals surface area contributed by atoms with Gasteiger partial charge in [0.2, 0.25) is 5.88 Å². The Balaban J connectivity index is 1.83. The molecular weight excluding hydrogens is 370 g/mol. The fourth-order valence-corrected chi connectivity index (χ4v) is 3.02. The van der Waals surface area contributed by atoms with Gasteiger partial charge in [-0.2, -0.15) is 0 Å². The number of fused-ring (bicyclic) bond motifs is 1. The molecule has 0 amide bonds. The molecule has 2 aromatic carbocycles. The number of halogens is 1. The van der Waals surface area contributed by atoms with E-state index in [4.69, 9.17) is 0 Å². The molecule has 2 heterocycles. The number of benzene rings is 2. The topological polar surface area (TPSA) is 70.4 Å². The number of hydrogen-bond acceptors (Lipinski definition) is 3. The van der Waals surface area contributed by atoms with Crippen LogP contribution in [0.4, 0.5) is 5.69 Å². The third kappa shape index (κ3) is 2.41. The third-order valence-corrected chi connectivity index (χ3v) is 4.33. The van der Waals surface area contributed by atoms with E-state index in [0.717, 1.165) is 21.3 Å². The quantitative estimate of drug-likeness (QED) is 0.706. The fraction of sp³-hybridized carbons (Fsp3) is 0. The third-order valence-electron chi connectivity index (χ3n) is 3.84. The summed E-state index contributed by atoms with van der Waals surface area (Å²) in [7, 11) is 0. The molecule has 5 nitrogen and oxygen atoms in total. The summed E-state index contributed by atoms with van der Waals surface area (Å²) in [5.41, 5.74) is 3.05. The lowest BCUT2D eigenvalue weighted by Crippen LogP contribution is -2.05. The van der Waals surface area contributed by atoms with Crippen LogP contribution in [0.25, 0.3) is 17.3 Å². The summed E-state index contributed by atoms with van der Waals surface area (Å²) in [4.78, 5) is 16.6. The maximum atomic E-state index is 12.3. The van der Waals surface area contributed by atoms with Crippen LogP contribution in [0.5, 0.6) is 5.88 Å². The van der Waals surface area contributed by atoms with E-state index in [1.807, 2.05) is 36.4 Å². The summed E-state index contributed by atoms with van der Waals surface area (Å²) in [5, 5.41) is 13.1. The zero-order chi connectivity index (χ0) is 16.7. The monoisotopic (exact) mass is 381 g/mol. The number of allylic oxidation sites excluding steroid dienone is 1. The summed E-state index contributed by atoms with van der Waals surface area (Å²) in [6, 6.07) is 14.9. The van der Waals surface area contributed by atoms with Crippen LogP contribution in [-0.4, -0.2) is 21.1 Å². The average molecular weight is 382 g/mol. The number of aromatic hydroxyl groups is 1. The number of rotatable bonds is 2. The molecule has 3 aromatic rings. The van der Waals surface area contributed by atoms with Crippen molar-refractivity contribution in [3.05, 3.63) is 74.5 Å². The van der Waals surface area contributed by atoms with Crippen LogP contribution in [0.1, 0.15) is 11.1 Å². The van der Waals surface area contributed by atoms with Gasteiger partial charge in [-0.1, -0.05) is 34.1 Å². The zero-order valence-electron chi connectivity index (χ0n) is 12.4. The first kappa shape index (κ1) is 14.7. The van der Waals surface area contributed by atoms with Gasteiger partial charge in [0.15, 0.2) is 0 Å². The molecule has 0 radical (unpaired) electrons. The van der Waals surface area contributed by atoms with Crippen molar-refractivity contribution in [2.24, 2.45) is 4.99 Å². The molecule has 1 aliphatic heterocycles. The molecule has 0 fully saturated rings. The van der Waals surface area contributed by atoms with Crippen LogP contribution in [0, 0.1) is 0 Å². The summed E-state index contributed by atoms with van der Waals surface area (Å²) >= 11 is 3.44. The lowest BCUT2D eigenvalue weighted by molar-refractivity contribution is 0.432. The highest BCUT2D eigenvalue weighted by atomic mass is 79.9. The van der Waals surface area contributed by atoms with Gasteiger partial charge in [-0.15, -0.1) is 0 Å². The largest absolute Gasteiger partial charge is 0.493 e. The number of aromatic nitrogens is 2. The smallest absolute Gasteiger partial charge is 0.275 e. The minimum absolute atomic E-state index is 0.129. The molecule has 24 heavy (non-hydrogen) atoms. The fourth-order valence-electron chi connectivity index (χ4n) is 2.66. The number of aromatic amines is 1. The number of H-pyrrole nitrogens is 1. The average Bonchev–Trinajstić information content (AvgIpc) is 3.11. The van der Waals surface area contributed by atoms with Gasteiger partial charge in [0.25, 0.3) is 5.56 Å². The predicted molar refractivity (Wildman–Crippen MR) is 98.2 cm³/mol. The Labute approximate surface area is 145 Å². The summed E-state index contributed by atoms with van der Waals surface area (Å²) in [5.74, 6) is -0.129. The molecule has 2 N–H and O–H groups in total. The van der Waals surface area contributed by atoms with Gasteiger partial charge in [0, 0.05) is 21.8 Å². The van der Waals surface area contributed by atoms with Gasteiger partial charge in [-0.05, 0) is 36.4 Å². The molecular formula is C18H12BrN3O2. The second-order valence-corrected chi connectivity index (χ2v) is 6.28. The van der Waals surface area contributed by atoms with Gasteiger partial charge in [0.1, 0.15) is 5.56 Å². The molecule has 0 saturated heterocycles.